The molecule has 4 nitrogen and oxygen atoms in total. The van der Waals surface area contributed by atoms with Crippen molar-refractivity contribution in [2.75, 3.05) is 7.11 Å². The predicted molar refractivity (Wildman–Crippen MR) is 79.7 cm³/mol. The van der Waals surface area contributed by atoms with Gasteiger partial charge in [-0.3, -0.25) is 4.57 Å². The molecule has 5 heteroatoms. The van der Waals surface area contributed by atoms with Gasteiger partial charge in [-0.25, -0.2) is 0 Å². The molecule has 20 heavy (non-hydrogen) atoms. The summed E-state index contributed by atoms with van der Waals surface area (Å²) in [6, 6.07) is 15.4. The van der Waals surface area contributed by atoms with Gasteiger partial charge >= 0.3 is 0 Å². The fourth-order valence-corrected chi connectivity index (χ4v) is 2.53. The van der Waals surface area contributed by atoms with E-state index < -0.39 is 0 Å². The molecule has 98 valence electrons. The van der Waals surface area contributed by atoms with Crippen LogP contribution in [0.5, 0.6) is 5.75 Å². The van der Waals surface area contributed by atoms with Crippen LogP contribution < -0.4 is 4.74 Å². The Hall–Kier alpha value is -2.58. The Labute approximate surface area is 120 Å². The highest BCUT2D eigenvalue weighted by Gasteiger charge is 2.10. The molecule has 0 saturated carbocycles. The first-order valence-electron chi connectivity index (χ1n) is 6.03. The fraction of sp³-hybridized carbons (Fsp3) is 0.0667. The van der Waals surface area contributed by atoms with Gasteiger partial charge < -0.3 is 9.72 Å². The van der Waals surface area contributed by atoms with Crippen LogP contribution in [0.1, 0.15) is 5.56 Å². The minimum atomic E-state index is 0.552. The second kappa shape index (κ2) is 4.83. The maximum atomic E-state index is 9.16. The molecule has 0 saturated heterocycles. The fourth-order valence-electron chi connectivity index (χ4n) is 2.23. The van der Waals surface area contributed by atoms with Crippen molar-refractivity contribution < 1.29 is 4.74 Å². The number of nitriles is 1. The summed E-state index contributed by atoms with van der Waals surface area (Å²) >= 11 is 5.38. The van der Waals surface area contributed by atoms with E-state index in [4.69, 9.17) is 22.2 Å². The van der Waals surface area contributed by atoms with Gasteiger partial charge in [0.15, 0.2) is 4.77 Å². The van der Waals surface area contributed by atoms with Crippen LogP contribution in [-0.2, 0) is 0 Å². The second-order valence-electron chi connectivity index (χ2n) is 4.28. The Balaban J connectivity index is 2.34. The number of hydrogen-bond acceptors (Lipinski definition) is 3. The summed E-state index contributed by atoms with van der Waals surface area (Å²) in [5, 5.41) is 9.16. The van der Waals surface area contributed by atoms with Gasteiger partial charge in [-0.1, -0.05) is 12.1 Å². The first-order chi connectivity index (χ1) is 9.74. The normalized spacial score (nSPS) is 10.4. The van der Waals surface area contributed by atoms with E-state index >= 15 is 0 Å². The number of nitrogens with one attached hydrogen (secondary N) is 1. The molecule has 1 aromatic heterocycles. The highest BCUT2D eigenvalue weighted by molar-refractivity contribution is 7.71. The molecule has 1 heterocycles. The molecular weight excluding hydrogens is 270 g/mol. The maximum Gasteiger partial charge on any atom is 0.182 e. The first-order valence-corrected chi connectivity index (χ1v) is 6.43. The van der Waals surface area contributed by atoms with E-state index in [0.717, 1.165) is 22.5 Å². The minimum Gasteiger partial charge on any atom is -0.497 e. The molecular formula is C15H11N3OS. The lowest BCUT2D eigenvalue weighted by atomic mass is 10.2. The molecule has 0 atom stereocenters. The van der Waals surface area contributed by atoms with Crippen LogP contribution in [0.2, 0.25) is 0 Å². The number of aromatic amines is 1. The average Bonchev–Trinajstić information content (AvgIpc) is 2.83. The van der Waals surface area contributed by atoms with Crippen molar-refractivity contribution >= 4 is 23.3 Å². The van der Waals surface area contributed by atoms with Gasteiger partial charge in [0, 0.05) is 6.07 Å². The van der Waals surface area contributed by atoms with E-state index in [2.05, 4.69) is 11.1 Å². The number of hydrogen-bond donors (Lipinski definition) is 1. The van der Waals surface area contributed by atoms with E-state index in [-0.39, 0.29) is 0 Å². The Bertz CT molecular complexity index is 886. The van der Waals surface area contributed by atoms with Crippen molar-refractivity contribution in [3.8, 4) is 17.5 Å². The lowest BCUT2D eigenvalue weighted by molar-refractivity contribution is 0.414. The number of para-hydroxylation sites is 1. The number of ether oxygens (including phenoxy) is 1. The van der Waals surface area contributed by atoms with Gasteiger partial charge in [-0.15, -0.1) is 0 Å². The zero-order chi connectivity index (χ0) is 14.1. The number of rotatable bonds is 2. The number of aromatic nitrogens is 2. The monoisotopic (exact) mass is 281 g/mol. The summed E-state index contributed by atoms with van der Waals surface area (Å²) in [4.78, 5) is 3.10. The van der Waals surface area contributed by atoms with Crippen molar-refractivity contribution in [3.63, 3.8) is 0 Å². The molecule has 0 aliphatic heterocycles. The Morgan fingerprint density at radius 1 is 1.25 bits per heavy atom. The molecule has 0 aliphatic carbocycles. The molecule has 0 spiro atoms. The minimum absolute atomic E-state index is 0.552. The predicted octanol–water partition coefficient (Wildman–Crippen LogP) is 3.57. The van der Waals surface area contributed by atoms with Crippen molar-refractivity contribution in [1.82, 2.24) is 9.55 Å². The number of nitrogens with zero attached hydrogens (tertiary/aromatic N) is 2. The molecule has 3 aromatic rings. The van der Waals surface area contributed by atoms with Crippen LogP contribution in [0.15, 0.2) is 42.5 Å². The number of imidazole rings is 1. The van der Waals surface area contributed by atoms with Gasteiger partial charge in [0.25, 0.3) is 0 Å². The molecule has 0 radical (unpaired) electrons. The first kappa shape index (κ1) is 12.5. The maximum absolute atomic E-state index is 9.16. The van der Waals surface area contributed by atoms with E-state index in [1.165, 1.54) is 0 Å². The molecule has 1 N–H and O–H groups in total. The van der Waals surface area contributed by atoms with E-state index in [0.29, 0.717) is 10.3 Å². The molecule has 0 bridgehead atoms. The largest absolute Gasteiger partial charge is 0.497 e. The van der Waals surface area contributed by atoms with Crippen molar-refractivity contribution in [1.29, 1.82) is 5.26 Å². The van der Waals surface area contributed by atoms with Crippen LogP contribution in [0.4, 0.5) is 0 Å². The number of H-pyrrole nitrogens is 1. The quantitative estimate of drug-likeness (QED) is 0.731. The van der Waals surface area contributed by atoms with Gasteiger partial charge in [0.05, 0.1) is 29.4 Å². The lowest BCUT2D eigenvalue weighted by Crippen LogP contribution is -1.94. The van der Waals surface area contributed by atoms with Crippen molar-refractivity contribution in [2.45, 2.75) is 0 Å². The third-order valence-electron chi connectivity index (χ3n) is 3.15. The van der Waals surface area contributed by atoms with Crippen LogP contribution in [0, 0.1) is 16.1 Å². The van der Waals surface area contributed by atoms with E-state index in [9.17, 15) is 0 Å². The topological polar surface area (TPSA) is 53.7 Å². The molecule has 0 fully saturated rings. The van der Waals surface area contributed by atoms with Gasteiger partial charge in [-0.2, -0.15) is 5.26 Å². The van der Waals surface area contributed by atoms with Crippen LogP contribution in [0.25, 0.3) is 16.7 Å². The smallest absolute Gasteiger partial charge is 0.182 e. The van der Waals surface area contributed by atoms with Gasteiger partial charge in [0.2, 0.25) is 0 Å². The number of benzene rings is 2. The zero-order valence-electron chi connectivity index (χ0n) is 10.8. The highest BCUT2D eigenvalue weighted by Crippen LogP contribution is 2.24. The summed E-state index contributed by atoms with van der Waals surface area (Å²) < 4.78 is 7.69. The summed E-state index contributed by atoms with van der Waals surface area (Å²) in [7, 11) is 1.63. The Morgan fingerprint density at radius 2 is 2.05 bits per heavy atom. The van der Waals surface area contributed by atoms with Crippen molar-refractivity contribution in [3.05, 3.63) is 52.8 Å². The summed E-state index contributed by atoms with van der Waals surface area (Å²) in [5.74, 6) is 0.759. The van der Waals surface area contributed by atoms with Crippen LogP contribution in [0.3, 0.4) is 0 Å². The van der Waals surface area contributed by atoms with Gasteiger partial charge in [-0.05, 0) is 36.5 Å². The van der Waals surface area contributed by atoms with Gasteiger partial charge in [0.1, 0.15) is 11.8 Å². The molecule has 3 rings (SSSR count). The lowest BCUT2D eigenvalue weighted by Gasteiger charge is -2.06. The summed E-state index contributed by atoms with van der Waals surface area (Å²) in [5.41, 5.74) is 3.11. The molecule has 0 amide bonds. The Kier molecular flexibility index (Phi) is 3.01. The van der Waals surface area contributed by atoms with E-state index in [1.54, 1.807) is 13.2 Å². The van der Waals surface area contributed by atoms with E-state index in [1.807, 2.05) is 41.0 Å². The third-order valence-corrected chi connectivity index (χ3v) is 3.43. The summed E-state index contributed by atoms with van der Waals surface area (Å²) in [6.45, 7) is 0. The second-order valence-corrected chi connectivity index (χ2v) is 4.67. The molecule has 0 unspecified atom stereocenters. The van der Waals surface area contributed by atoms with Crippen LogP contribution in [-0.4, -0.2) is 16.7 Å². The molecule has 0 aliphatic rings. The third kappa shape index (κ3) is 1.87. The highest BCUT2D eigenvalue weighted by atomic mass is 32.1. The number of methoxy groups -OCH3 is 1. The van der Waals surface area contributed by atoms with Crippen LogP contribution >= 0.6 is 12.2 Å². The van der Waals surface area contributed by atoms with Crippen molar-refractivity contribution in [2.24, 2.45) is 0 Å². The number of fused-ring (bicyclic) bond motifs is 1. The zero-order valence-corrected chi connectivity index (χ0v) is 11.6. The Morgan fingerprint density at radius 3 is 2.80 bits per heavy atom. The average molecular weight is 281 g/mol. The standard InChI is InChI=1S/C15H11N3OS/c1-19-12-6-3-5-11(8-12)18-13-7-2-4-10(9-16)14(13)17-15(18)20/h2-8H,1H3,(H,17,20). The SMILES string of the molecule is COc1cccc(-n2c(=S)[nH]c3c(C#N)cccc32)c1. The molecule has 2 aromatic carbocycles. The summed E-state index contributed by atoms with van der Waals surface area (Å²) in [6.07, 6.45) is 0.